The molecule has 1 aliphatic heterocycles. The monoisotopic (exact) mass is 500 g/mol. The largest absolute Gasteiger partial charge is 0.308 e. The van der Waals surface area contributed by atoms with Gasteiger partial charge in [-0.25, -0.2) is 8.42 Å². The number of aryl methyl sites for hydroxylation is 1. The first kappa shape index (κ1) is 19.4. The molecule has 1 atom stereocenters. The molecule has 2 aromatic carbocycles. The molecule has 1 unspecified atom stereocenters. The minimum absolute atomic E-state index is 0.0827. The first-order valence-electron chi connectivity index (χ1n) is 8.01. The standard InChI is InChI=1S/C18H18Br2N2O3S/c1-10-6-15(4-5-16(10)20)21-26(24,25)17-9-14(19)8-13-7-11(2)22(12(3)23)18(13)17/h4-6,8-9,11,21H,7H2,1-3H3. The lowest BCUT2D eigenvalue weighted by Crippen LogP contribution is -2.34. The summed E-state index contributed by atoms with van der Waals surface area (Å²) < 4.78 is 30.4. The lowest BCUT2D eigenvalue weighted by molar-refractivity contribution is -0.116. The van der Waals surface area contributed by atoms with Crippen molar-refractivity contribution in [2.45, 2.75) is 38.1 Å². The van der Waals surface area contributed by atoms with E-state index in [1.54, 1.807) is 29.2 Å². The highest BCUT2D eigenvalue weighted by Gasteiger charge is 2.35. The molecular formula is C18H18Br2N2O3S. The lowest BCUT2D eigenvalue weighted by Gasteiger charge is -2.23. The van der Waals surface area contributed by atoms with Crippen LogP contribution in [0.1, 0.15) is 25.0 Å². The molecule has 2 aromatic rings. The molecule has 0 saturated carbocycles. The number of rotatable bonds is 3. The van der Waals surface area contributed by atoms with Gasteiger partial charge in [0.2, 0.25) is 5.91 Å². The van der Waals surface area contributed by atoms with Crippen LogP contribution >= 0.6 is 31.9 Å². The second kappa shape index (κ2) is 6.98. The van der Waals surface area contributed by atoms with Crippen molar-refractivity contribution >= 4 is 59.2 Å². The lowest BCUT2D eigenvalue weighted by atomic mass is 10.1. The molecule has 0 bridgehead atoms. The number of amides is 1. The Bertz CT molecular complexity index is 1010. The second-order valence-electron chi connectivity index (χ2n) is 6.42. The van der Waals surface area contributed by atoms with Crippen molar-refractivity contribution in [3.05, 3.63) is 50.4 Å². The Morgan fingerprint density at radius 3 is 2.54 bits per heavy atom. The van der Waals surface area contributed by atoms with E-state index in [0.29, 0.717) is 22.3 Å². The summed E-state index contributed by atoms with van der Waals surface area (Å²) in [5.74, 6) is -0.172. The summed E-state index contributed by atoms with van der Waals surface area (Å²) in [6.45, 7) is 5.25. The Balaban J connectivity index is 2.11. The zero-order valence-electron chi connectivity index (χ0n) is 14.5. The average molecular weight is 502 g/mol. The van der Waals surface area contributed by atoms with Crippen LogP contribution in [0.15, 0.2) is 44.2 Å². The van der Waals surface area contributed by atoms with E-state index in [0.717, 1.165) is 15.6 Å². The number of anilines is 2. The van der Waals surface area contributed by atoms with Crippen LogP contribution < -0.4 is 9.62 Å². The van der Waals surface area contributed by atoms with Crippen LogP contribution in [0, 0.1) is 6.92 Å². The van der Waals surface area contributed by atoms with Gasteiger partial charge >= 0.3 is 0 Å². The molecule has 0 aliphatic carbocycles. The van der Waals surface area contributed by atoms with Crippen molar-refractivity contribution in [2.24, 2.45) is 0 Å². The maximum atomic E-state index is 13.1. The fraction of sp³-hybridized carbons (Fsp3) is 0.278. The summed E-state index contributed by atoms with van der Waals surface area (Å²) in [6, 6.07) is 8.57. The van der Waals surface area contributed by atoms with Gasteiger partial charge in [0.25, 0.3) is 10.0 Å². The van der Waals surface area contributed by atoms with Gasteiger partial charge in [-0.3, -0.25) is 9.52 Å². The molecule has 5 nitrogen and oxygen atoms in total. The SMILES string of the molecule is CC(=O)N1c2c(cc(Br)cc2S(=O)(=O)Nc2ccc(Br)c(C)c2)CC1C. The molecule has 8 heteroatoms. The Hall–Kier alpha value is -1.38. The van der Waals surface area contributed by atoms with Crippen LogP contribution in [0.3, 0.4) is 0 Å². The fourth-order valence-corrected chi connectivity index (χ4v) is 5.49. The summed E-state index contributed by atoms with van der Waals surface area (Å²) >= 11 is 6.80. The summed E-state index contributed by atoms with van der Waals surface area (Å²) in [6.07, 6.45) is 0.619. The Morgan fingerprint density at radius 1 is 1.23 bits per heavy atom. The topological polar surface area (TPSA) is 66.5 Å². The number of carbonyl (C=O) groups excluding carboxylic acids is 1. The maximum Gasteiger partial charge on any atom is 0.264 e. The first-order chi connectivity index (χ1) is 12.1. The molecule has 0 radical (unpaired) electrons. The molecular weight excluding hydrogens is 484 g/mol. The number of nitrogens with zero attached hydrogens (tertiary/aromatic N) is 1. The second-order valence-corrected chi connectivity index (χ2v) is 9.84. The van der Waals surface area contributed by atoms with Gasteiger partial charge in [-0.2, -0.15) is 0 Å². The molecule has 1 aliphatic rings. The Labute approximate surface area is 170 Å². The van der Waals surface area contributed by atoms with E-state index in [1.165, 1.54) is 6.92 Å². The van der Waals surface area contributed by atoms with Crippen molar-refractivity contribution in [1.82, 2.24) is 0 Å². The molecule has 1 amide bonds. The van der Waals surface area contributed by atoms with E-state index in [-0.39, 0.29) is 16.8 Å². The van der Waals surface area contributed by atoms with Gasteiger partial charge in [0.15, 0.2) is 0 Å². The molecule has 0 aromatic heterocycles. The van der Waals surface area contributed by atoms with Gasteiger partial charge in [0.05, 0.1) is 5.69 Å². The van der Waals surface area contributed by atoms with E-state index in [1.807, 2.05) is 19.9 Å². The van der Waals surface area contributed by atoms with E-state index in [9.17, 15) is 13.2 Å². The maximum absolute atomic E-state index is 13.1. The van der Waals surface area contributed by atoms with Crippen LogP contribution in [0.25, 0.3) is 0 Å². The van der Waals surface area contributed by atoms with Gasteiger partial charge in [0.1, 0.15) is 4.90 Å². The van der Waals surface area contributed by atoms with Crippen LogP contribution in [-0.4, -0.2) is 20.4 Å². The zero-order valence-corrected chi connectivity index (χ0v) is 18.5. The van der Waals surface area contributed by atoms with Crippen molar-refractivity contribution in [2.75, 3.05) is 9.62 Å². The molecule has 1 heterocycles. The minimum atomic E-state index is -3.87. The van der Waals surface area contributed by atoms with Crippen molar-refractivity contribution in [3.8, 4) is 0 Å². The number of sulfonamides is 1. The molecule has 0 saturated heterocycles. The first-order valence-corrected chi connectivity index (χ1v) is 11.1. The predicted octanol–water partition coefficient (Wildman–Crippen LogP) is 4.62. The fourth-order valence-electron chi connectivity index (χ4n) is 3.28. The van der Waals surface area contributed by atoms with Gasteiger partial charge in [-0.15, -0.1) is 0 Å². The average Bonchev–Trinajstić information content (AvgIpc) is 2.85. The minimum Gasteiger partial charge on any atom is -0.308 e. The number of hydrogen-bond acceptors (Lipinski definition) is 3. The molecule has 0 spiro atoms. The Morgan fingerprint density at radius 2 is 1.92 bits per heavy atom. The Kier molecular flexibility index (Phi) is 5.20. The zero-order chi connectivity index (χ0) is 19.2. The third-order valence-electron chi connectivity index (χ3n) is 4.35. The van der Waals surface area contributed by atoms with Crippen LogP contribution in [0.4, 0.5) is 11.4 Å². The third-order valence-corrected chi connectivity index (χ3v) is 7.10. The smallest absolute Gasteiger partial charge is 0.264 e. The van der Waals surface area contributed by atoms with Crippen LogP contribution in [0.2, 0.25) is 0 Å². The number of benzene rings is 2. The van der Waals surface area contributed by atoms with E-state index < -0.39 is 10.0 Å². The van der Waals surface area contributed by atoms with E-state index >= 15 is 0 Å². The summed E-state index contributed by atoms with van der Waals surface area (Å²) in [5, 5.41) is 0. The number of halogens is 2. The van der Waals surface area contributed by atoms with Gasteiger partial charge in [-0.05, 0) is 61.7 Å². The molecule has 3 rings (SSSR count). The quantitative estimate of drug-likeness (QED) is 0.667. The van der Waals surface area contributed by atoms with Gasteiger partial charge in [0, 0.05) is 27.6 Å². The summed E-state index contributed by atoms with van der Waals surface area (Å²) in [5.41, 5.74) is 2.70. The van der Waals surface area contributed by atoms with Crippen LogP contribution in [-0.2, 0) is 21.2 Å². The highest BCUT2D eigenvalue weighted by atomic mass is 79.9. The normalized spacial score (nSPS) is 16.5. The predicted molar refractivity (Wildman–Crippen MR) is 110 cm³/mol. The van der Waals surface area contributed by atoms with E-state index in [4.69, 9.17) is 0 Å². The number of hydrogen-bond donors (Lipinski definition) is 1. The third kappa shape index (κ3) is 3.54. The van der Waals surface area contributed by atoms with Crippen molar-refractivity contribution in [1.29, 1.82) is 0 Å². The summed E-state index contributed by atoms with van der Waals surface area (Å²) in [7, 11) is -3.87. The molecule has 1 N–H and O–H groups in total. The van der Waals surface area contributed by atoms with Gasteiger partial charge < -0.3 is 4.90 Å². The molecule has 26 heavy (non-hydrogen) atoms. The van der Waals surface area contributed by atoms with Gasteiger partial charge in [-0.1, -0.05) is 31.9 Å². The number of fused-ring (bicyclic) bond motifs is 1. The van der Waals surface area contributed by atoms with Crippen molar-refractivity contribution < 1.29 is 13.2 Å². The molecule has 138 valence electrons. The molecule has 0 fully saturated rings. The summed E-state index contributed by atoms with van der Waals surface area (Å²) in [4.78, 5) is 13.8. The number of carbonyl (C=O) groups is 1. The number of nitrogens with one attached hydrogen (secondary N) is 1. The van der Waals surface area contributed by atoms with Crippen molar-refractivity contribution in [3.63, 3.8) is 0 Å². The van der Waals surface area contributed by atoms with E-state index in [2.05, 4.69) is 36.6 Å². The van der Waals surface area contributed by atoms with Crippen LogP contribution in [0.5, 0.6) is 0 Å². The highest BCUT2D eigenvalue weighted by Crippen LogP contribution is 2.40. The highest BCUT2D eigenvalue weighted by molar-refractivity contribution is 9.10.